The van der Waals surface area contributed by atoms with Crippen molar-refractivity contribution in [1.82, 2.24) is 0 Å². The van der Waals surface area contributed by atoms with E-state index in [2.05, 4.69) is 242 Å². The van der Waals surface area contributed by atoms with Crippen LogP contribution < -0.4 is 9.80 Å². The molecule has 6 aromatic rings. The summed E-state index contributed by atoms with van der Waals surface area (Å²) in [6, 6.07) is 47.9. The molecule has 3 aliphatic rings. The molecule has 0 saturated heterocycles. The van der Waals surface area contributed by atoms with E-state index >= 15 is 0 Å². The highest BCUT2D eigenvalue weighted by atomic mass is 15.2. The highest BCUT2D eigenvalue weighted by molar-refractivity contribution is 5.91. The van der Waals surface area contributed by atoms with Crippen molar-refractivity contribution >= 4 is 34.1 Å². The molecule has 0 atom stereocenters. The van der Waals surface area contributed by atoms with Crippen LogP contribution in [0.15, 0.2) is 121 Å². The van der Waals surface area contributed by atoms with Crippen LogP contribution in [-0.2, 0) is 37.9 Å². The molecule has 0 N–H and O–H groups in total. The maximum absolute atomic E-state index is 2.59. The summed E-state index contributed by atoms with van der Waals surface area (Å²) in [6.45, 7) is 38.6. The number of aryl methyl sites for hydroxylation is 1. The van der Waals surface area contributed by atoms with E-state index in [0.29, 0.717) is 0 Å². The molecule has 6 aromatic carbocycles. The van der Waals surface area contributed by atoms with Gasteiger partial charge in [-0.2, -0.15) is 0 Å². The number of hydrogen-bond acceptors (Lipinski definition) is 2. The fourth-order valence-corrected chi connectivity index (χ4v) is 12.1. The van der Waals surface area contributed by atoms with Crippen LogP contribution in [0.1, 0.15) is 187 Å². The molecule has 350 valence electrons. The first-order valence-electron chi connectivity index (χ1n) is 25.6. The van der Waals surface area contributed by atoms with Gasteiger partial charge in [-0.25, -0.2) is 0 Å². The average molecular weight is 889 g/mol. The first-order chi connectivity index (χ1) is 31.2. The molecule has 0 spiro atoms. The summed E-state index contributed by atoms with van der Waals surface area (Å²) in [7, 11) is 0. The van der Waals surface area contributed by atoms with Gasteiger partial charge >= 0.3 is 0 Å². The van der Waals surface area contributed by atoms with E-state index in [-0.39, 0.29) is 37.9 Å². The van der Waals surface area contributed by atoms with Crippen LogP contribution in [0.5, 0.6) is 0 Å². The Morgan fingerprint density at radius 2 is 0.731 bits per heavy atom. The number of hydrogen-bond donors (Lipinski definition) is 0. The van der Waals surface area contributed by atoms with Crippen molar-refractivity contribution in [1.29, 1.82) is 0 Å². The summed E-state index contributed by atoms with van der Waals surface area (Å²) in [5.74, 6) is 0. The van der Waals surface area contributed by atoms with Crippen LogP contribution in [0.25, 0.3) is 11.1 Å². The second kappa shape index (κ2) is 16.0. The summed E-state index contributed by atoms with van der Waals surface area (Å²) in [6.07, 6.45) is 7.10. The van der Waals surface area contributed by atoms with Gasteiger partial charge in [0.15, 0.2) is 0 Å². The Bertz CT molecular complexity index is 2780. The largest absolute Gasteiger partial charge is 0.310 e. The van der Waals surface area contributed by atoms with Gasteiger partial charge in [0.05, 0.1) is 5.69 Å². The summed E-state index contributed by atoms with van der Waals surface area (Å²) in [5.41, 5.74) is 21.6. The Kier molecular flexibility index (Phi) is 11.2. The third-order valence-corrected chi connectivity index (χ3v) is 17.0. The topological polar surface area (TPSA) is 6.48 Å². The first kappa shape index (κ1) is 47.0. The molecule has 3 aliphatic carbocycles. The fraction of sp³-hybridized carbons (Fsp3) is 0.446. The van der Waals surface area contributed by atoms with Crippen molar-refractivity contribution in [2.75, 3.05) is 9.80 Å². The Morgan fingerprint density at radius 3 is 1.13 bits per heavy atom. The Hall–Kier alpha value is -5.08. The predicted molar refractivity (Wildman–Crippen MR) is 291 cm³/mol. The second-order valence-corrected chi connectivity index (χ2v) is 26.0. The molecule has 67 heavy (non-hydrogen) atoms. The SMILES string of the molecule is Cc1cc(N(c2ccc3c(c2)C(C)(C)CCC3(C)C)c2ccc3c(c2)C(C)(C)CCC3(C)C)cc(N(c2ccc3c(c2)C(C)(C)CCC3(C)C)c2ccc(C(C)(C)C)cc2-c2ccccc2)c1. The zero-order chi connectivity index (χ0) is 48.3. The summed E-state index contributed by atoms with van der Waals surface area (Å²) >= 11 is 0. The van der Waals surface area contributed by atoms with Gasteiger partial charge in [-0.05, 0) is 200 Å². The molecule has 0 bridgehead atoms. The van der Waals surface area contributed by atoms with E-state index in [1.165, 1.54) is 123 Å². The van der Waals surface area contributed by atoms with Crippen LogP contribution in [-0.4, -0.2) is 0 Å². The average Bonchev–Trinajstić information content (AvgIpc) is 3.26. The standard InChI is InChI=1S/C65H80N2/c1-43-36-49(66(46-23-26-52-55(40-46)63(11,12)33-30-60(52,5)6)47-24-27-53-56(41-47)64(13,14)34-31-61(53,7)8)39-50(37-43)67(48-25-28-54-57(42-48)65(15,16)35-32-62(54,9)10)58-29-22-45(59(2,3)4)38-51(58)44-20-18-17-19-21-44/h17-29,36-42H,30-35H2,1-16H3. The first-order valence-corrected chi connectivity index (χ1v) is 25.6. The Balaban J connectivity index is 1.33. The molecule has 0 amide bonds. The molecule has 2 nitrogen and oxygen atoms in total. The molecule has 0 fully saturated rings. The highest BCUT2D eigenvalue weighted by Crippen LogP contribution is 2.53. The zero-order valence-corrected chi connectivity index (χ0v) is 44.2. The number of anilines is 6. The second-order valence-electron chi connectivity index (χ2n) is 26.0. The van der Waals surface area contributed by atoms with Gasteiger partial charge in [-0.15, -0.1) is 0 Å². The maximum atomic E-state index is 2.59. The van der Waals surface area contributed by atoms with Crippen LogP contribution in [0.4, 0.5) is 34.1 Å². The minimum atomic E-state index is -0.0113. The van der Waals surface area contributed by atoms with Gasteiger partial charge in [0.25, 0.3) is 0 Å². The molecule has 0 heterocycles. The molecule has 0 radical (unpaired) electrons. The van der Waals surface area contributed by atoms with Crippen molar-refractivity contribution in [2.45, 2.75) is 187 Å². The van der Waals surface area contributed by atoms with Crippen molar-refractivity contribution < 1.29 is 0 Å². The molecular weight excluding hydrogens is 809 g/mol. The molecule has 0 aromatic heterocycles. The van der Waals surface area contributed by atoms with Crippen LogP contribution in [0.3, 0.4) is 0 Å². The van der Waals surface area contributed by atoms with Gasteiger partial charge in [-0.3, -0.25) is 0 Å². The van der Waals surface area contributed by atoms with E-state index in [1.807, 2.05) is 0 Å². The van der Waals surface area contributed by atoms with Gasteiger partial charge in [0, 0.05) is 34.0 Å². The predicted octanol–water partition coefficient (Wildman–Crippen LogP) is 18.9. The minimum absolute atomic E-state index is 0.0113. The number of benzene rings is 6. The van der Waals surface area contributed by atoms with Crippen LogP contribution in [0, 0.1) is 6.92 Å². The van der Waals surface area contributed by atoms with Gasteiger partial charge < -0.3 is 9.80 Å². The van der Waals surface area contributed by atoms with Gasteiger partial charge in [0.2, 0.25) is 0 Å². The summed E-state index contributed by atoms with van der Waals surface area (Å²) < 4.78 is 0. The molecule has 0 saturated carbocycles. The molecule has 9 rings (SSSR count). The quantitative estimate of drug-likeness (QED) is 0.158. The van der Waals surface area contributed by atoms with Crippen molar-refractivity contribution in [3.05, 3.63) is 166 Å². The van der Waals surface area contributed by atoms with E-state index < -0.39 is 0 Å². The third-order valence-electron chi connectivity index (χ3n) is 17.0. The van der Waals surface area contributed by atoms with Crippen LogP contribution >= 0.6 is 0 Å². The van der Waals surface area contributed by atoms with Gasteiger partial charge in [-0.1, -0.05) is 158 Å². The van der Waals surface area contributed by atoms with Crippen molar-refractivity contribution in [2.24, 2.45) is 0 Å². The fourth-order valence-electron chi connectivity index (χ4n) is 12.1. The molecular formula is C65H80N2. The molecule has 2 heteroatoms. The van der Waals surface area contributed by atoms with E-state index in [9.17, 15) is 0 Å². The van der Waals surface area contributed by atoms with Crippen molar-refractivity contribution in [3.63, 3.8) is 0 Å². The summed E-state index contributed by atoms with van der Waals surface area (Å²) in [4.78, 5) is 5.17. The minimum Gasteiger partial charge on any atom is -0.310 e. The number of rotatable bonds is 7. The Labute approximate surface area is 406 Å². The third kappa shape index (κ3) is 8.48. The number of fused-ring (bicyclic) bond motifs is 3. The lowest BCUT2D eigenvalue weighted by molar-refractivity contribution is 0.332. The number of nitrogens with zero attached hydrogens (tertiary/aromatic N) is 2. The summed E-state index contributed by atoms with van der Waals surface area (Å²) in [5, 5.41) is 0. The van der Waals surface area contributed by atoms with E-state index in [0.717, 1.165) is 5.69 Å². The zero-order valence-electron chi connectivity index (χ0n) is 44.2. The lowest BCUT2D eigenvalue weighted by Crippen LogP contribution is -2.34. The van der Waals surface area contributed by atoms with Gasteiger partial charge in [0.1, 0.15) is 0 Å². The van der Waals surface area contributed by atoms with E-state index in [4.69, 9.17) is 0 Å². The monoisotopic (exact) mass is 889 g/mol. The van der Waals surface area contributed by atoms with Crippen molar-refractivity contribution in [3.8, 4) is 11.1 Å². The molecule has 0 aliphatic heterocycles. The highest BCUT2D eigenvalue weighted by Gasteiger charge is 2.41. The lowest BCUT2D eigenvalue weighted by Gasteiger charge is -2.43. The van der Waals surface area contributed by atoms with E-state index in [1.54, 1.807) is 0 Å². The Morgan fingerprint density at radius 1 is 0.358 bits per heavy atom. The molecule has 0 unspecified atom stereocenters. The van der Waals surface area contributed by atoms with Crippen LogP contribution in [0.2, 0.25) is 0 Å². The lowest BCUT2D eigenvalue weighted by atomic mass is 9.63. The smallest absolute Gasteiger partial charge is 0.0540 e. The normalized spacial score (nSPS) is 19.4. The maximum Gasteiger partial charge on any atom is 0.0540 e.